The Bertz CT molecular complexity index is 2110. The fraction of sp³-hybridized carbons (Fsp3) is 0.188. The summed E-state index contributed by atoms with van der Waals surface area (Å²) in [5.74, 6) is -1.43. The van der Waals surface area contributed by atoms with Crippen LogP contribution in [0.3, 0.4) is 0 Å². The van der Waals surface area contributed by atoms with Gasteiger partial charge in [0.25, 0.3) is 0 Å². The molecule has 1 fully saturated rings. The number of ether oxygens (including phenoxy) is 6. The van der Waals surface area contributed by atoms with Crippen molar-refractivity contribution >= 4 is 18.0 Å². The minimum Gasteiger partial charge on any atom is -0.452 e. The maximum atomic E-state index is 14.0. The van der Waals surface area contributed by atoms with Crippen LogP contribution in [0.2, 0.25) is 0 Å². The van der Waals surface area contributed by atoms with Gasteiger partial charge in [-0.05, 0) is 46.5 Å². The summed E-state index contributed by atoms with van der Waals surface area (Å²) in [4.78, 5) is 41.4. The van der Waals surface area contributed by atoms with E-state index in [0.717, 1.165) is 22.3 Å². The van der Waals surface area contributed by atoms with Crippen molar-refractivity contribution in [3.63, 3.8) is 0 Å². The van der Waals surface area contributed by atoms with Crippen LogP contribution in [0.15, 0.2) is 182 Å². The van der Waals surface area contributed by atoms with Gasteiger partial charge in [0.1, 0.15) is 24.4 Å². The van der Waals surface area contributed by atoms with Gasteiger partial charge in [0.2, 0.25) is 0 Å². The molecule has 1 aliphatic rings. The maximum absolute atomic E-state index is 14.0. The molecule has 1 amide bonds. The van der Waals surface area contributed by atoms with Crippen molar-refractivity contribution in [3.05, 3.63) is 215 Å². The molecule has 10 nitrogen and oxygen atoms in total. The van der Waals surface area contributed by atoms with E-state index in [9.17, 15) is 14.4 Å². The number of carbonyl (C=O) groups excluding carboxylic acids is 3. The lowest BCUT2D eigenvalue weighted by Crippen LogP contribution is -2.67. The van der Waals surface area contributed by atoms with Crippen LogP contribution in [0, 0.1) is 0 Å². The molecular formula is C48H43NO9. The summed E-state index contributed by atoms with van der Waals surface area (Å²) in [5, 5.41) is 2.79. The van der Waals surface area contributed by atoms with E-state index in [1.54, 1.807) is 60.7 Å². The monoisotopic (exact) mass is 777 g/mol. The molecule has 5 atom stereocenters. The van der Waals surface area contributed by atoms with E-state index < -0.39 is 54.3 Å². The zero-order valence-electron chi connectivity index (χ0n) is 31.8. The van der Waals surface area contributed by atoms with Gasteiger partial charge in [0, 0.05) is 7.11 Å². The smallest absolute Gasteiger partial charge is 0.407 e. The number of hydrogen-bond acceptors (Lipinski definition) is 9. The Morgan fingerprint density at radius 1 is 0.569 bits per heavy atom. The largest absolute Gasteiger partial charge is 0.452 e. The summed E-state index contributed by atoms with van der Waals surface area (Å²) in [6.07, 6.45) is -5.88. The Hall–Kier alpha value is -6.59. The predicted molar refractivity (Wildman–Crippen MR) is 216 cm³/mol. The van der Waals surface area contributed by atoms with E-state index in [2.05, 4.69) is 5.32 Å². The van der Waals surface area contributed by atoms with Crippen molar-refractivity contribution in [3.8, 4) is 0 Å². The Morgan fingerprint density at radius 3 is 1.43 bits per heavy atom. The van der Waals surface area contributed by atoms with Gasteiger partial charge in [0.15, 0.2) is 18.5 Å². The van der Waals surface area contributed by atoms with Gasteiger partial charge in [-0.25, -0.2) is 14.4 Å². The topological polar surface area (TPSA) is 119 Å². The van der Waals surface area contributed by atoms with Gasteiger partial charge >= 0.3 is 18.0 Å². The molecule has 0 aromatic heterocycles. The third-order valence-corrected chi connectivity index (χ3v) is 9.89. The molecule has 0 aliphatic carbocycles. The molecule has 0 saturated carbocycles. The van der Waals surface area contributed by atoms with E-state index in [-0.39, 0.29) is 24.3 Å². The molecule has 294 valence electrons. The van der Waals surface area contributed by atoms with E-state index in [1.807, 2.05) is 121 Å². The summed E-state index contributed by atoms with van der Waals surface area (Å²) in [7, 11) is 1.40. The summed E-state index contributed by atoms with van der Waals surface area (Å²) in [6.45, 7) is -0.231. The van der Waals surface area contributed by atoms with Crippen LogP contribution < -0.4 is 5.32 Å². The van der Waals surface area contributed by atoms with Crippen LogP contribution in [-0.4, -0.2) is 62.4 Å². The van der Waals surface area contributed by atoms with Gasteiger partial charge in [-0.2, -0.15) is 0 Å². The maximum Gasteiger partial charge on any atom is 0.407 e. The lowest BCUT2D eigenvalue weighted by molar-refractivity contribution is -0.267. The fourth-order valence-electron chi connectivity index (χ4n) is 7.08. The quantitative estimate of drug-likeness (QED) is 0.0665. The van der Waals surface area contributed by atoms with Gasteiger partial charge < -0.3 is 33.7 Å². The third-order valence-electron chi connectivity index (χ3n) is 9.89. The number of carbonyl (C=O) groups is 3. The number of benzene rings is 6. The number of nitrogens with one attached hydrogen (secondary N) is 1. The standard InChI is InChI=1S/C48H43NO9/c1-53-46-41(49-47(52)54-32-34-20-8-2-9-21-34)43(58-45(51)36-24-12-4-13-25-36)42(57-44(50)35-22-10-3-11-23-35)40(56-46)33-55-48(37-26-14-5-15-27-37,38-28-16-6-17-29-38)39-30-18-7-19-31-39/h2-31,40-43,46H,32-33H2,1H3,(H,49,52)/t40-,41+,42-,43-,46+/m1/s1. The second-order valence-corrected chi connectivity index (χ2v) is 13.6. The van der Waals surface area contributed by atoms with Crippen LogP contribution in [0.4, 0.5) is 4.79 Å². The van der Waals surface area contributed by atoms with Crippen LogP contribution in [0.5, 0.6) is 0 Å². The first-order valence-electron chi connectivity index (χ1n) is 18.9. The van der Waals surface area contributed by atoms with E-state index in [0.29, 0.717) is 0 Å². The van der Waals surface area contributed by atoms with E-state index in [1.165, 1.54) is 7.11 Å². The molecule has 0 radical (unpaired) electrons. The number of alkyl carbamates (subject to hydrolysis) is 1. The SMILES string of the molecule is CO[C@H]1O[C@H](COC(c2ccccc2)(c2ccccc2)c2ccccc2)[C@@H](OC(=O)c2ccccc2)[C@H](OC(=O)c2ccccc2)[C@@H]1NC(=O)OCc1ccccc1. The van der Waals surface area contributed by atoms with Gasteiger partial charge in [-0.3, -0.25) is 0 Å². The Kier molecular flexibility index (Phi) is 13.0. The second kappa shape index (κ2) is 19.0. The van der Waals surface area contributed by atoms with E-state index in [4.69, 9.17) is 28.4 Å². The molecule has 0 unspecified atom stereocenters. The van der Waals surface area contributed by atoms with Crippen molar-refractivity contribution in [1.29, 1.82) is 0 Å². The Morgan fingerprint density at radius 2 is 0.983 bits per heavy atom. The summed E-state index contributed by atoms with van der Waals surface area (Å²) < 4.78 is 37.7. The highest BCUT2D eigenvalue weighted by molar-refractivity contribution is 5.90. The predicted octanol–water partition coefficient (Wildman–Crippen LogP) is 8.11. The molecule has 10 heteroatoms. The molecule has 1 aliphatic heterocycles. The number of amides is 1. The lowest BCUT2D eigenvalue weighted by Gasteiger charge is -2.46. The molecule has 1 saturated heterocycles. The lowest BCUT2D eigenvalue weighted by atomic mass is 9.80. The number of hydrogen-bond donors (Lipinski definition) is 1. The molecule has 6 aromatic carbocycles. The first-order chi connectivity index (χ1) is 28.5. The molecule has 1 N–H and O–H groups in total. The van der Waals surface area contributed by atoms with Gasteiger partial charge in [0.05, 0.1) is 17.7 Å². The average molecular weight is 778 g/mol. The van der Waals surface area contributed by atoms with Crippen molar-refractivity contribution in [2.24, 2.45) is 0 Å². The van der Waals surface area contributed by atoms with Crippen molar-refractivity contribution in [1.82, 2.24) is 5.32 Å². The molecule has 0 spiro atoms. The van der Waals surface area contributed by atoms with Crippen LogP contribution in [-0.2, 0) is 40.6 Å². The van der Waals surface area contributed by atoms with Crippen LogP contribution in [0.25, 0.3) is 0 Å². The second-order valence-electron chi connectivity index (χ2n) is 13.6. The number of rotatable bonds is 14. The van der Waals surface area contributed by atoms with Crippen molar-refractivity contribution in [2.45, 2.75) is 42.9 Å². The zero-order chi connectivity index (χ0) is 40.2. The summed E-state index contributed by atoms with van der Waals surface area (Å²) in [6, 6.07) is 54.1. The van der Waals surface area contributed by atoms with Gasteiger partial charge in [-0.1, -0.05) is 158 Å². The molecule has 6 aromatic rings. The van der Waals surface area contributed by atoms with Crippen LogP contribution >= 0.6 is 0 Å². The summed E-state index contributed by atoms with van der Waals surface area (Å²) in [5.41, 5.74) is 2.56. The zero-order valence-corrected chi connectivity index (χ0v) is 31.8. The first kappa shape index (κ1) is 39.6. The fourth-order valence-corrected chi connectivity index (χ4v) is 7.08. The van der Waals surface area contributed by atoms with Gasteiger partial charge in [-0.15, -0.1) is 0 Å². The minimum absolute atomic E-state index is 0.0319. The average Bonchev–Trinajstić information content (AvgIpc) is 3.29. The highest BCUT2D eigenvalue weighted by Crippen LogP contribution is 2.41. The number of esters is 2. The molecular weight excluding hydrogens is 735 g/mol. The highest BCUT2D eigenvalue weighted by Gasteiger charge is 2.53. The highest BCUT2D eigenvalue weighted by atomic mass is 16.7. The molecule has 58 heavy (non-hydrogen) atoms. The van der Waals surface area contributed by atoms with Crippen molar-refractivity contribution in [2.75, 3.05) is 13.7 Å². The molecule has 1 heterocycles. The minimum atomic E-state index is -1.36. The Labute approximate surface area is 337 Å². The number of methoxy groups -OCH3 is 1. The Balaban J connectivity index is 1.29. The normalized spacial score (nSPS) is 19.0. The summed E-state index contributed by atoms with van der Waals surface area (Å²) >= 11 is 0. The van der Waals surface area contributed by atoms with E-state index >= 15 is 0 Å². The first-order valence-corrected chi connectivity index (χ1v) is 18.9. The molecule has 0 bridgehead atoms. The van der Waals surface area contributed by atoms with Crippen LogP contribution in [0.1, 0.15) is 43.0 Å². The third kappa shape index (κ3) is 9.16. The van der Waals surface area contributed by atoms with Crippen molar-refractivity contribution < 1.29 is 42.8 Å². The molecule has 7 rings (SSSR count).